The molecule has 1 aromatic carbocycles. The summed E-state index contributed by atoms with van der Waals surface area (Å²) in [7, 11) is 0. The summed E-state index contributed by atoms with van der Waals surface area (Å²) >= 11 is 0. The van der Waals surface area contributed by atoms with Gasteiger partial charge in [0.15, 0.2) is 5.82 Å². The smallest absolute Gasteiger partial charge is 0.259 e. The Kier molecular flexibility index (Phi) is 3.95. The number of benzene rings is 1. The zero-order valence-electron chi connectivity index (χ0n) is 13.9. The van der Waals surface area contributed by atoms with E-state index in [0.29, 0.717) is 26.2 Å². The summed E-state index contributed by atoms with van der Waals surface area (Å²) in [5.74, 6) is -4.05. The van der Waals surface area contributed by atoms with E-state index < -0.39 is 35.4 Å². The van der Waals surface area contributed by atoms with Crippen molar-refractivity contribution in [2.24, 2.45) is 0 Å². The van der Waals surface area contributed by atoms with Gasteiger partial charge in [0.1, 0.15) is 0 Å². The summed E-state index contributed by atoms with van der Waals surface area (Å²) in [6.45, 7) is 2.41. The number of anilines is 1. The predicted octanol–water partition coefficient (Wildman–Crippen LogP) is -0.361. The molecule has 0 saturated carbocycles. The van der Waals surface area contributed by atoms with Gasteiger partial charge in [-0.3, -0.25) is 29.8 Å². The van der Waals surface area contributed by atoms with Gasteiger partial charge >= 0.3 is 0 Å². The first-order chi connectivity index (χ1) is 12.5. The third kappa shape index (κ3) is 2.55. The maximum Gasteiger partial charge on any atom is 0.259 e. The molecule has 1 aromatic rings. The van der Waals surface area contributed by atoms with Crippen LogP contribution in [0.25, 0.3) is 0 Å². The number of nitrogens with one attached hydrogen (secondary N) is 3. The Morgan fingerprint density at radius 1 is 1.04 bits per heavy atom. The van der Waals surface area contributed by atoms with E-state index in [0.717, 1.165) is 0 Å². The second kappa shape index (κ2) is 6.17. The van der Waals surface area contributed by atoms with Crippen LogP contribution in [0.15, 0.2) is 6.07 Å². The number of imide groups is 2. The molecule has 0 radical (unpaired) electrons. The molecule has 9 heteroatoms. The van der Waals surface area contributed by atoms with Crippen molar-refractivity contribution >= 4 is 29.3 Å². The molecule has 136 valence electrons. The molecule has 4 rings (SSSR count). The summed E-state index contributed by atoms with van der Waals surface area (Å²) in [5.41, 5.74) is 0.0877. The van der Waals surface area contributed by atoms with Crippen LogP contribution in [0, 0.1) is 5.82 Å². The SMILES string of the molecule is O=C1CCC(c2c(F)c(N3CCNCC3)cc3c2C(=O)NC3=O)C(=O)N1. The Labute approximate surface area is 148 Å². The van der Waals surface area contributed by atoms with E-state index in [4.69, 9.17) is 0 Å². The van der Waals surface area contributed by atoms with Crippen LogP contribution in [-0.2, 0) is 9.59 Å². The standard InChI is InChI=1S/C17H17FN4O4/c18-14-10(22-5-3-19-4-6-22)7-9-13(17(26)21-16(9)25)12(14)8-1-2-11(23)20-15(8)24/h7-8,19H,1-6H2,(H,20,23,24)(H,21,25,26). The van der Waals surface area contributed by atoms with Crippen LogP contribution in [-0.4, -0.2) is 49.8 Å². The topological polar surface area (TPSA) is 108 Å². The Bertz CT molecular complexity index is 848. The van der Waals surface area contributed by atoms with Crippen LogP contribution in [0.5, 0.6) is 0 Å². The molecule has 3 heterocycles. The molecule has 3 aliphatic rings. The molecule has 0 bridgehead atoms. The number of hydrogen-bond donors (Lipinski definition) is 3. The number of fused-ring (bicyclic) bond motifs is 1. The molecular weight excluding hydrogens is 343 g/mol. The van der Waals surface area contributed by atoms with Crippen molar-refractivity contribution in [1.82, 2.24) is 16.0 Å². The third-order valence-electron chi connectivity index (χ3n) is 5.03. The quantitative estimate of drug-likeness (QED) is 0.622. The van der Waals surface area contributed by atoms with E-state index in [1.54, 1.807) is 4.90 Å². The third-order valence-corrected chi connectivity index (χ3v) is 5.03. The fourth-order valence-corrected chi connectivity index (χ4v) is 3.75. The van der Waals surface area contributed by atoms with E-state index in [2.05, 4.69) is 16.0 Å². The highest BCUT2D eigenvalue weighted by molar-refractivity contribution is 6.23. The molecule has 2 saturated heterocycles. The van der Waals surface area contributed by atoms with Crippen molar-refractivity contribution in [3.05, 3.63) is 28.6 Å². The second-order valence-corrected chi connectivity index (χ2v) is 6.57. The van der Waals surface area contributed by atoms with E-state index in [-0.39, 0.29) is 35.2 Å². The van der Waals surface area contributed by atoms with Crippen molar-refractivity contribution in [2.45, 2.75) is 18.8 Å². The van der Waals surface area contributed by atoms with Crippen molar-refractivity contribution in [1.29, 1.82) is 0 Å². The molecule has 0 spiro atoms. The second-order valence-electron chi connectivity index (χ2n) is 6.57. The molecule has 1 atom stereocenters. The first-order valence-electron chi connectivity index (χ1n) is 8.49. The molecule has 3 N–H and O–H groups in total. The van der Waals surface area contributed by atoms with Crippen LogP contribution < -0.4 is 20.9 Å². The van der Waals surface area contributed by atoms with Gasteiger partial charge in [0.2, 0.25) is 11.8 Å². The summed E-state index contributed by atoms with van der Waals surface area (Å²) in [6, 6.07) is 1.38. The predicted molar refractivity (Wildman–Crippen MR) is 88.4 cm³/mol. The Hall–Kier alpha value is -2.81. The van der Waals surface area contributed by atoms with Gasteiger partial charge in [-0.25, -0.2) is 4.39 Å². The summed E-state index contributed by atoms with van der Waals surface area (Å²) < 4.78 is 15.4. The average Bonchev–Trinajstić information content (AvgIpc) is 2.90. The lowest BCUT2D eigenvalue weighted by atomic mass is 9.85. The van der Waals surface area contributed by atoms with Gasteiger partial charge in [-0.2, -0.15) is 0 Å². The summed E-state index contributed by atoms with van der Waals surface area (Å²) in [5, 5.41) is 7.52. The normalized spacial score (nSPS) is 23.0. The minimum Gasteiger partial charge on any atom is -0.367 e. The van der Waals surface area contributed by atoms with Crippen LogP contribution in [0.1, 0.15) is 45.0 Å². The maximum atomic E-state index is 15.4. The highest BCUT2D eigenvalue weighted by Crippen LogP contribution is 2.38. The van der Waals surface area contributed by atoms with Gasteiger partial charge < -0.3 is 10.2 Å². The lowest BCUT2D eigenvalue weighted by Crippen LogP contribution is -2.44. The Morgan fingerprint density at radius 2 is 1.77 bits per heavy atom. The Balaban J connectivity index is 1.88. The first kappa shape index (κ1) is 16.6. The lowest BCUT2D eigenvalue weighted by molar-refractivity contribution is -0.134. The van der Waals surface area contributed by atoms with Gasteiger partial charge in [0.05, 0.1) is 22.7 Å². The van der Waals surface area contributed by atoms with Gasteiger partial charge in [0, 0.05) is 38.2 Å². The molecule has 0 aromatic heterocycles. The monoisotopic (exact) mass is 360 g/mol. The number of carbonyl (C=O) groups excluding carboxylic acids is 4. The fourth-order valence-electron chi connectivity index (χ4n) is 3.75. The lowest BCUT2D eigenvalue weighted by Gasteiger charge is -2.32. The number of piperidine rings is 1. The van der Waals surface area contributed by atoms with E-state index >= 15 is 4.39 Å². The van der Waals surface area contributed by atoms with E-state index in [9.17, 15) is 19.2 Å². The van der Waals surface area contributed by atoms with Crippen molar-refractivity contribution < 1.29 is 23.6 Å². The van der Waals surface area contributed by atoms with Crippen LogP contribution >= 0.6 is 0 Å². The van der Waals surface area contributed by atoms with Crippen molar-refractivity contribution in [3.63, 3.8) is 0 Å². The molecule has 4 amide bonds. The van der Waals surface area contributed by atoms with E-state index in [1.807, 2.05) is 0 Å². The van der Waals surface area contributed by atoms with E-state index in [1.165, 1.54) is 6.07 Å². The molecule has 0 aliphatic carbocycles. The number of rotatable bonds is 2. The number of carbonyl (C=O) groups is 4. The van der Waals surface area contributed by atoms with Crippen LogP contribution in [0.4, 0.5) is 10.1 Å². The molecule has 2 fully saturated rings. The number of piperazine rings is 1. The minimum atomic E-state index is -0.985. The largest absolute Gasteiger partial charge is 0.367 e. The van der Waals surface area contributed by atoms with Gasteiger partial charge in [0.25, 0.3) is 11.8 Å². The average molecular weight is 360 g/mol. The highest BCUT2D eigenvalue weighted by atomic mass is 19.1. The fraction of sp³-hybridized carbons (Fsp3) is 0.412. The molecule has 8 nitrogen and oxygen atoms in total. The number of amides is 4. The number of hydrogen-bond acceptors (Lipinski definition) is 6. The minimum absolute atomic E-state index is 0.0536. The number of nitrogens with zero attached hydrogens (tertiary/aromatic N) is 1. The zero-order valence-corrected chi connectivity index (χ0v) is 13.9. The summed E-state index contributed by atoms with van der Waals surface area (Å²) in [6.07, 6.45) is 0.151. The van der Waals surface area contributed by atoms with Gasteiger partial charge in [-0.05, 0) is 12.5 Å². The maximum absolute atomic E-state index is 15.4. The highest BCUT2D eigenvalue weighted by Gasteiger charge is 2.40. The van der Waals surface area contributed by atoms with Crippen LogP contribution in [0.3, 0.4) is 0 Å². The number of halogens is 1. The zero-order chi connectivity index (χ0) is 18.4. The van der Waals surface area contributed by atoms with Crippen LogP contribution in [0.2, 0.25) is 0 Å². The van der Waals surface area contributed by atoms with Gasteiger partial charge in [-0.1, -0.05) is 0 Å². The molecule has 1 unspecified atom stereocenters. The molecular formula is C17H17FN4O4. The molecule has 26 heavy (non-hydrogen) atoms. The first-order valence-corrected chi connectivity index (χ1v) is 8.49. The summed E-state index contributed by atoms with van der Waals surface area (Å²) in [4.78, 5) is 49.9. The van der Waals surface area contributed by atoms with Crippen molar-refractivity contribution in [2.75, 3.05) is 31.1 Å². The van der Waals surface area contributed by atoms with Crippen molar-refractivity contribution in [3.8, 4) is 0 Å². The van der Waals surface area contributed by atoms with Gasteiger partial charge in [-0.15, -0.1) is 0 Å². The Morgan fingerprint density at radius 3 is 2.46 bits per heavy atom. The molecule has 3 aliphatic heterocycles.